The van der Waals surface area contributed by atoms with E-state index in [-0.39, 0.29) is 17.6 Å². The van der Waals surface area contributed by atoms with Gasteiger partial charge in [0.05, 0.1) is 13.2 Å². The molecule has 0 unspecified atom stereocenters. The number of carbonyl (C=O) groups is 1. The maximum Gasteiger partial charge on any atom is 0.245 e. The first-order valence-electron chi connectivity index (χ1n) is 5.67. The van der Waals surface area contributed by atoms with Gasteiger partial charge in [-0.2, -0.15) is 0 Å². The molecule has 10 heteroatoms. The van der Waals surface area contributed by atoms with Crippen LogP contribution in [0.3, 0.4) is 0 Å². The molecule has 1 aromatic rings. The third kappa shape index (κ3) is 5.30. The number of halogens is 3. The normalized spacial score (nSPS) is 11.4. The number of benzene rings is 1. The van der Waals surface area contributed by atoms with Gasteiger partial charge >= 0.3 is 0 Å². The molecular weight excluding hydrogens is 374 g/mol. The third-order valence-electron chi connectivity index (χ3n) is 2.28. The SMILES string of the molecule is COCCNC(=O)CNS(=O)(=O)c1c(F)cc(F)cc1Br. The summed E-state index contributed by atoms with van der Waals surface area (Å²) in [6.07, 6.45) is 0. The number of rotatable bonds is 7. The fourth-order valence-corrected chi connectivity index (χ4v) is 3.52. The molecule has 0 atom stereocenters. The highest BCUT2D eigenvalue weighted by molar-refractivity contribution is 9.10. The second-order valence-corrected chi connectivity index (χ2v) is 6.42. The quantitative estimate of drug-likeness (QED) is 0.677. The van der Waals surface area contributed by atoms with E-state index in [1.165, 1.54) is 7.11 Å². The molecule has 1 amide bonds. The van der Waals surface area contributed by atoms with Crippen molar-refractivity contribution in [3.63, 3.8) is 0 Å². The number of sulfonamides is 1. The van der Waals surface area contributed by atoms with Crippen molar-refractivity contribution in [2.24, 2.45) is 0 Å². The zero-order valence-corrected chi connectivity index (χ0v) is 13.4. The average Bonchev–Trinajstić information content (AvgIpc) is 2.35. The van der Waals surface area contributed by atoms with Crippen molar-refractivity contribution in [1.82, 2.24) is 10.0 Å². The highest BCUT2D eigenvalue weighted by Crippen LogP contribution is 2.25. The predicted molar refractivity (Wildman–Crippen MR) is 74.1 cm³/mol. The lowest BCUT2D eigenvalue weighted by molar-refractivity contribution is -0.120. The van der Waals surface area contributed by atoms with Gasteiger partial charge in [0.25, 0.3) is 0 Å². The predicted octanol–water partition coefficient (Wildman–Crippen LogP) is 0.768. The lowest BCUT2D eigenvalue weighted by Crippen LogP contribution is -2.38. The molecule has 0 aliphatic heterocycles. The van der Waals surface area contributed by atoms with Crippen molar-refractivity contribution in [1.29, 1.82) is 0 Å². The maximum absolute atomic E-state index is 13.6. The Hall–Kier alpha value is -1.10. The topological polar surface area (TPSA) is 84.5 Å². The number of hydrogen-bond acceptors (Lipinski definition) is 4. The number of amides is 1. The Bertz CT molecular complexity index is 602. The Labute approximate surface area is 129 Å². The van der Waals surface area contributed by atoms with Crippen LogP contribution in [0.5, 0.6) is 0 Å². The van der Waals surface area contributed by atoms with Gasteiger partial charge in [0.1, 0.15) is 16.5 Å². The first-order valence-corrected chi connectivity index (χ1v) is 7.95. The van der Waals surface area contributed by atoms with Gasteiger partial charge in [-0.1, -0.05) is 0 Å². The van der Waals surface area contributed by atoms with Crippen LogP contribution in [0, 0.1) is 11.6 Å². The molecule has 0 saturated carbocycles. The van der Waals surface area contributed by atoms with Gasteiger partial charge in [0.2, 0.25) is 15.9 Å². The fraction of sp³-hybridized carbons (Fsp3) is 0.364. The number of ether oxygens (including phenoxy) is 1. The van der Waals surface area contributed by atoms with Crippen LogP contribution in [-0.4, -0.2) is 41.1 Å². The summed E-state index contributed by atoms with van der Waals surface area (Å²) in [6.45, 7) is -0.0857. The van der Waals surface area contributed by atoms with E-state index in [0.717, 1.165) is 6.07 Å². The molecule has 6 nitrogen and oxygen atoms in total. The standard InChI is InChI=1S/C11H13BrF2N2O4S/c1-20-3-2-15-10(17)6-16-21(18,19)11-8(12)4-7(13)5-9(11)14/h4-5,16H,2-3,6H2,1H3,(H,15,17). The van der Waals surface area contributed by atoms with E-state index in [2.05, 4.69) is 21.2 Å². The van der Waals surface area contributed by atoms with Crippen LogP contribution < -0.4 is 10.0 Å². The number of carbonyl (C=O) groups excluding carboxylic acids is 1. The average molecular weight is 387 g/mol. The van der Waals surface area contributed by atoms with Crippen molar-refractivity contribution in [3.8, 4) is 0 Å². The molecule has 21 heavy (non-hydrogen) atoms. The Balaban J connectivity index is 2.77. The summed E-state index contributed by atoms with van der Waals surface area (Å²) in [7, 11) is -2.85. The molecule has 0 spiro atoms. The summed E-state index contributed by atoms with van der Waals surface area (Å²) < 4.78 is 56.7. The lowest BCUT2D eigenvalue weighted by atomic mass is 10.3. The van der Waals surface area contributed by atoms with E-state index in [4.69, 9.17) is 4.74 Å². The van der Waals surface area contributed by atoms with Gasteiger partial charge < -0.3 is 10.1 Å². The zero-order chi connectivity index (χ0) is 16.0. The zero-order valence-electron chi connectivity index (χ0n) is 11.0. The van der Waals surface area contributed by atoms with Crippen molar-refractivity contribution < 1.29 is 26.7 Å². The largest absolute Gasteiger partial charge is 0.383 e. The van der Waals surface area contributed by atoms with Gasteiger partial charge in [0.15, 0.2) is 0 Å². The summed E-state index contributed by atoms with van der Waals surface area (Å²) in [5.74, 6) is -2.78. The van der Waals surface area contributed by atoms with Crippen molar-refractivity contribution in [2.75, 3.05) is 26.8 Å². The van der Waals surface area contributed by atoms with Crippen LogP contribution in [0.1, 0.15) is 0 Å². The molecule has 0 heterocycles. The first-order chi connectivity index (χ1) is 9.77. The van der Waals surface area contributed by atoms with E-state index in [1.54, 1.807) is 0 Å². The van der Waals surface area contributed by atoms with E-state index in [9.17, 15) is 22.0 Å². The smallest absolute Gasteiger partial charge is 0.245 e. The summed E-state index contributed by atoms with van der Waals surface area (Å²) in [6, 6.07) is 1.26. The molecule has 0 saturated heterocycles. The summed E-state index contributed by atoms with van der Waals surface area (Å²) in [4.78, 5) is 10.6. The Kier molecular flexibility index (Phi) is 6.65. The second-order valence-electron chi connectivity index (χ2n) is 3.87. The summed E-state index contributed by atoms with van der Waals surface area (Å²) in [5, 5.41) is 2.39. The van der Waals surface area contributed by atoms with Gasteiger partial charge in [-0.25, -0.2) is 21.9 Å². The van der Waals surface area contributed by atoms with Crippen molar-refractivity contribution >= 4 is 31.9 Å². The van der Waals surface area contributed by atoms with Gasteiger partial charge in [-0.3, -0.25) is 4.79 Å². The van der Waals surface area contributed by atoms with Crippen LogP contribution in [0.25, 0.3) is 0 Å². The molecule has 1 aromatic carbocycles. The van der Waals surface area contributed by atoms with E-state index in [0.29, 0.717) is 6.07 Å². The van der Waals surface area contributed by atoms with Crippen molar-refractivity contribution in [3.05, 3.63) is 28.2 Å². The molecule has 1 rings (SSSR count). The van der Waals surface area contributed by atoms with Gasteiger partial charge in [0, 0.05) is 24.2 Å². The van der Waals surface area contributed by atoms with Crippen LogP contribution in [0.2, 0.25) is 0 Å². The molecule has 2 N–H and O–H groups in total. The Morgan fingerprint density at radius 3 is 2.62 bits per heavy atom. The fourth-order valence-electron chi connectivity index (χ4n) is 1.37. The van der Waals surface area contributed by atoms with Crippen LogP contribution in [-0.2, 0) is 19.6 Å². The maximum atomic E-state index is 13.6. The van der Waals surface area contributed by atoms with Crippen LogP contribution >= 0.6 is 15.9 Å². The van der Waals surface area contributed by atoms with Crippen molar-refractivity contribution in [2.45, 2.75) is 4.90 Å². The lowest BCUT2D eigenvalue weighted by Gasteiger charge is -2.10. The molecular formula is C11H13BrF2N2O4S. The van der Waals surface area contributed by atoms with Gasteiger partial charge in [-0.15, -0.1) is 0 Å². The number of nitrogens with one attached hydrogen (secondary N) is 2. The minimum Gasteiger partial charge on any atom is -0.383 e. The molecule has 118 valence electrons. The van der Waals surface area contributed by atoms with Crippen LogP contribution in [0.4, 0.5) is 8.78 Å². The van der Waals surface area contributed by atoms with E-state index < -0.39 is 39.0 Å². The van der Waals surface area contributed by atoms with E-state index >= 15 is 0 Å². The highest BCUT2D eigenvalue weighted by atomic mass is 79.9. The Morgan fingerprint density at radius 1 is 1.38 bits per heavy atom. The van der Waals surface area contributed by atoms with Gasteiger partial charge in [-0.05, 0) is 22.0 Å². The number of methoxy groups -OCH3 is 1. The minimum absolute atomic E-state index is 0.214. The molecule has 0 fully saturated rings. The molecule has 0 aromatic heterocycles. The monoisotopic (exact) mass is 386 g/mol. The Morgan fingerprint density at radius 2 is 2.05 bits per heavy atom. The van der Waals surface area contributed by atoms with E-state index in [1.807, 2.05) is 4.72 Å². The molecule has 0 bridgehead atoms. The number of hydrogen-bond donors (Lipinski definition) is 2. The second kappa shape index (κ2) is 7.78. The first kappa shape index (κ1) is 18.0. The minimum atomic E-state index is -4.29. The molecule has 0 aliphatic rings. The molecule has 0 aliphatic carbocycles. The summed E-state index contributed by atoms with van der Waals surface area (Å²) >= 11 is 2.78. The highest BCUT2D eigenvalue weighted by Gasteiger charge is 2.24. The third-order valence-corrected chi connectivity index (χ3v) is 4.65. The molecule has 0 radical (unpaired) electrons. The van der Waals surface area contributed by atoms with Crippen LogP contribution in [0.15, 0.2) is 21.5 Å². The summed E-state index contributed by atoms with van der Waals surface area (Å²) in [5.41, 5.74) is 0.